The fourth-order valence-electron chi connectivity index (χ4n) is 1.73. The van der Waals surface area contributed by atoms with Gasteiger partial charge in [-0.25, -0.2) is 0 Å². The number of hydrogen-bond donors (Lipinski definition) is 1. The van der Waals surface area contributed by atoms with Crippen LogP contribution >= 0.6 is 15.9 Å². The van der Waals surface area contributed by atoms with Crippen molar-refractivity contribution in [3.05, 3.63) is 47.0 Å². The molecule has 0 radical (unpaired) electrons. The van der Waals surface area contributed by atoms with Gasteiger partial charge in [0.2, 0.25) is 0 Å². The van der Waals surface area contributed by atoms with Gasteiger partial charge >= 0.3 is 0 Å². The number of halogens is 1. The van der Waals surface area contributed by atoms with Crippen LogP contribution in [-0.2, 0) is 0 Å². The fraction of sp³-hybridized carbons (Fsp3) is 0.429. The lowest BCUT2D eigenvalue weighted by atomic mass is 10.1. The van der Waals surface area contributed by atoms with Gasteiger partial charge in [0.05, 0.1) is 0 Å². The highest BCUT2D eigenvalue weighted by atomic mass is 79.9. The van der Waals surface area contributed by atoms with E-state index in [0.29, 0.717) is 12.1 Å². The Labute approximate surface area is 107 Å². The van der Waals surface area contributed by atoms with Gasteiger partial charge in [-0.15, -0.1) is 6.58 Å². The van der Waals surface area contributed by atoms with Gasteiger partial charge in [0.25, 0.3) is 0 Å². The maximum atomic E-state index is 3.75. The molecule has 0 amide bonds. The lowest BCUT2D eigenvalue weighted by Crippen LogP contribution is -2.28. The predicted octanol–water partition coefficient (Wildman–Crippen LogP) is 4.45. The summed E-state index contributed by atoms with van der Waals surface area (Å²) in [5.74, 6) is 0. The summed E-state index contributed by atoms with van der Waals surface area (Å²) < 4.78 is 1.13. The molecule has 0 aliphatic heterocycles. The first-order valence-electron chi connectivity index (χ1n) is 5.76. The lowest BCUT2D eigenvalue weighted by molar-refractivity contribution is 0.459. The van der Waals surface area contributed by atoms with Crippen LogP contribution in [0.4, 0.5) is 0 Å². The molecule has 0 spiro atoms. The van der Waals surface area contributed by atoms with E-state index in [1.165, 1.54) is 5.56 Å². The second kappa shape index (κ2) is 6.87. The number of nitrogens with one attached hydrogen (secondary N) is 1. The maximum Gasteiger partial charge on any atom is 0.0294 e. The van der Waals surface area contributed by atoms with E-state index in [2.05, 4.69) is 65.9 Å². The Hall–Kier alpha value is -0.600. The zero-order valence-corrected chi connectivity index (χ0v) is 11.6. The quantitative estimate of drug-likeness (QED) is 0.760. The molecule has 0 saturated heterocycles. The molecule has 0 aliphatic carbocycles. The van der Waals surface area contributed by atoms with E-state index in [1.54, 1.807) is 0 Å². The van der Waals surface area contributed by atoms with Gasteiger partial charge in [-0.05, 0) is 44.4 Å². The van der Waals surface area contributed by atoms with Crippen LogP contribution in [0.3, 0.4) is 0 Å². The Morgan fingerprint density at radius 3 is 2.50 bits per heavy atom. The van der Waals surface area contributed by atoms with E-state index >= 15 is 0 Å². The molecule has 1 nitrogen and oxygen atoms in total. The molecule has 0 bridgehead atoms. The highest BCUT2D eigenvalue weighted by Crippen LogP contribution is 2.17. The summed E-state index contributed by atoms with van der Waals surface area (Å²) in [6.07, 6.45) is 4.19. The van der Waals surface area contributed by atoms with Gasteiger partial charge in [0.1, 0.15) is 0 Å². The van der Waals surface area contributed by atoms with Crippen molar-refractivity contribution in [3.63, 3.8) is 0 Å². The van der Waals surface area contributed by atoms with Crippen molar-refractivity contribution in [2.24, 2.45) is 0 Å². The van der Waals surface area contributed by atoms with E-state index < -0.39 is 0 Å². The first-order valence-corrected chi connectivity index (χ1v) is 6.55. The largest absolute Gasteiger partial charge is 0.308 e. The molecule has 1 unspecified atom stereocenters. The molecule has 1 aromatic carbocycles. The monoisotopic (exact) mass is 281 g/mol. The minimum absolute atomic E-state index is 0.396. The van der Waals surface area contributed by atoms with Crippen molar-refractivity contribution >= 4 is 15.9 Å². The fourth-order valence-corrected chi connectivity index (χ4v) is 1.99. The third-order valence-corrected chi connectivity index (χ3v) is 3.24. The summed E-state index contributed by atoms with van der Waals surface area (Å²) >= 11 is 3.45. The van der Waals surface area contributed by atoms with Crippen LogP contribution < -0.4 is 5.32 Å². The van der Waals surface area contributed by atoms with E-state index in [4.69, 9.17) is 0 Å². The molecule has 0 heterocycles. The van der Waals surface area contributed by atoms with Crippen LogP contribution in [0.25, 0.3) is 0 Å². The summed E-state index contributed by atoms with van der Waals surface area (Å²) in [4.78, 5) is 0. The molecule has 88 valence electrons. The zero-order valence-electron chi connectivity index (χ0n) is 10.0. The van der Waals surface area contributed by atoms with Crippen LogP contribution in [0, 0.1) is 0 Å². The van der Waals surface area contributed by atoms with E-state index in [9.17, 15) is 0 Å². The molecule has 2 heteroatoms. The SMILES string of the molecule is C=CCCC(C)N[C@H](C)c1ccc(Br)cc1. The average Bonchev–Trinajstić information content (AvgIpc) is 2.27. The summed E-state index contributed by atoms with van der Waals surface area (Å²) in [6.45, 7) is 8.17. The normalized spacial score (nSPS) is 14.4. The Morgan fingerprint density at radius 2 is 1.94 bits per heavy atom. The van der Waals surface area contributed by atoms with Gasteiger partial charge in [0, 0.05) is 16.6 Å². The van der Waals surface area contributed by atoms with Gasteiger partial charge in [-0.1, -0.05) is 34.1 Å². The summed E-state index contributed by atoms with van der Waals surface area (Å²) in [6, 6.07) is 9.40. The number of allylic oxidation sites excluding steroid dienone is 1. The molecule has 1 aromatic rings. The topological polar surface area (TPSA) is 12.0 Å². The van der Waals surface area contributed by atoms with Crippen LogP contribution in [0.2, 0.25) is 0 Å². The molecular formula is C14H20BrN. The van der Waals surface area contributed by atoms with Crippen molar-refractivity contribution in [2.45, 2.75) is 38.8 Å². The summed E-state index contributed by atoms with van der Waals surface area (Å²) in [7, 11) is 0. The molecule has 1 N–H and O–H groups in total. The van der Waals surface area contributed by atoms with Crippen molar-refractivity contribution in [2.75, 3.05) is 0 Å². The minimum Gasteiger partial charge on any atom is -0.308 e. The molecule has 0 aliphatic rings. The average molecular weight is 282 g/mol. The van der Waals surface area contributed by atoms with E-state index in [-0.39, 0.29) is 0 Å². The number of rotatable bonds is 6. The van der Waals surface area contributed by atoms with Crippen LogP contribution in [-0.4, -0.2) is 6.04 Å². The second-order valence-electron chi connectivity index (χ2n) is 4.21. The van der Waals surface area contributed by atoms with Gasteiger partial charge in [0.15, 0.2) is 0 Å². The molecule has 16 heavy (non-hydrogen) atoms. The van der Waals surface area contributed by atoms with Crippen LogP contribution in [0.5, 0.6) is 0 Å². The third kappa shape index (κ3) is 4.50. The standard InChI is InChI=1S/C14H20BrN/c1-4-5-6-11(2)16-12(3)13-7-9-14(15)10-8-13/h4,7-12,16H,1,5-6H2,2-3H3/t11?,12-/m1/s1. The Morgan fingerprint density at radius 1 is 1.31 bits per heavy atom. The summed E-state index contributed by atoms with van der Waals surface area (Å²) in [5.41, 5.74) is 1.33. The van der Waals surface area contributed by atoms with Crippen LogP contribution in [0.1, 0.15) is 38.3 Å². The number of hydrogen-bond acceptors (Lipinski definition) is 1. The molecule has 0 aromatic heterocycles. The Kier molecular flexibility index (Phi) is 5.78. The molecular weight excluding hydrogens is 262 g/mol. The lowest BCUT2D eigenvalue weighted by Gasteiger charge is -2.20. The maximum absolute atomic E-state index is 3.75. The Bertz CT molecular complexity index is 318. The summed E-state index contributed by atoms with van der Waals surface area (Å²) in [5, 5.41) is 3.59. The second-order valence-corrected chi connectivity index (χ2v) is 5.12. The highest BCUT2D eigenvalue weighted by molar-refractivity contribution is 9.10. The van der Waals surface area contributed by atoms with E-state index in [0.717, 1.165) is 17.3 Å². The van der Waals surface area contributed by atoms with Crippen molar-refractivity contribution in [1.29, 1.82) is 0 Å². The first-order chi connectivity index (χ1) is 7.63. The highest BCUT2D eigenvalue weighted by Gasteiger charge is 2.08. The predicted molar refractivity (Wildman–Crippen MR) is 74.6 cm³/mol. The molecule has 1 rings (SSSR count). The van der Waals surface area contributed by atoms with Crippen molar-refractivity contribution in [3.8, 4) is 0 Å². The van der Waals surface area contributed by atoms with Gasteiger partial charge in [-0.3, -0.25) is 0 Å². The zero-order chi connectivity index (χ0) is 12.0. The smallest absolute Gasteiger partial charge is 0.0294 e. The van der Waals surface area contributed by atoms with Gasteiger partial charge in [-0.2, -0.15) is 0 Å². The third-order valence-electron chi connectivity index (χ3n) is 2.71. The van der Waals surface area contributed by atoms with Crippen LogP contribution in [0.15, 0.2) is 41.4 Å². The minimum atomic E-state index is 0.396. The number of benzene rings is 1. The molecule has 2 atom stereocenters. The van der Waals surface area contributed by atoms with E-state index in [1.807, 2.05) is 6.08 Å². The van der Waals surface area contributed by atoms with Crippen molar-refractivity contribution in [1.82, 2.24) is 5.32 Å². The Balaban J connectivity index is 2.48. The first kappa shape index (κ1) is 13.5. The molecule has 0 saturated carbocycles. The van der Waals surface area contributed by atoms with Gasteiger partial charge < -0.3 is 5.32 Å². The molecule has 0 fully saturated rings. The van der Waals surface area contributed by atoms with Crippen molar-refractivity contribution < 1.29 is 0 Å².